The van der Waals surface area contributed by atoms with Gasteiger partial charge in [-0.15, -0.1) is 0 Å². The number of aliphatic carboxylic acids is 1. The number of allylic oxidation sites excluding steroid dienone is 2. The molecular formula is C23H32O3. The number of rotatable bonds is 11. The molecule has 26 heavy (non-hydrogen) atoms. The lowest BCUT2D eigenvalue weighted by Gasteiger charge is -2.32. The summed E-state index contributed by atoms with van der Waals surface area (Å²) in [5.41, 5.74) is 0.863. The Bertz CT molecular complexity index is 616. The summed E-state index contributed by atoms with van der Waals surface area (Å²) >= 11 is 0. The van der Waals surface area contributed by atoms with Crippen molar-refractivity contribution in [1.82, 2.24) is 0 Å². The third-order valence-electron chi connectivity index (χ3n) is 5.08. The standard InChI is InChI=1S/C23H32O3/c1-3-5-7-10-18-26-21-12-9-8-11-20(21)23(15-6-4-2)16-13-19(14-17-23)22(24)25/h8-9,11-14,16-17,19H,3-7,10,15,18H2,1-2H3,(H,24,25). The number of carboxylic acids is 1. The first-order chi connectivity index (χ1) is 12.6. The average molecular weight is 357 g/mol. The Kier molecular flexibility index (Phi) is 7.96. The molecular weight excluding hydrogens is 324 g/mol. The number of carboxylic acid groups (broad SMARTS) is 1. The van der Waals surface area contributed by atoms with E-state index in [0.29, 0.717) is 0 Å². The molecule has 0 saturated heterocycles. The van der Waals surface area contributed by atoms with Crippen LogP contribution in [0, 0.1) is 5.92 Å². The van der Waals surface area contributed by atoms with E-state index in [1.165, 1.54) is 19.3 Å². The quantitative estimate of drug-likeness (QED) is 0.396. The summed E-state index contributed by atoms with van der Waals surface area (Å²) in [5, 5.41) is 9.27. The molecule has 142 valence electrons. The molecule has 0 spiro atoms. The molecule has 3 heteroatoms. The van der Waals surface area contributed by atoms with E-state index in [2.05, 4.69) is 32.1 Å². The Balaban J connectivity index is 2.22. The maximum Gasteiger partial charge on any atom is 0.314 e. The number of para-hydroxylation sites is 1. The van der Waals surface area contributed by atoms with Gasteiger partial charge in [0.2, 0.25) is 0 Å². The second kappa shape index (κ2) is 10.2. The Labute approximate surface area is 157 Å². The van der Waals surface area contributed by atoms with E-state index >= 15 is 0 Å². The van der Waals surface area contributed by atoms with Gasteiger partial charge in [-0.2, -0.15) is 0 Å². The van der Waals surface area contributed by atoms with Crippen LogP contribution in [0.1, 0.15) is 64.4 Å². The monoisotopic (exact) mass is 356 g/mol. The van der Waals surface area contributed by atoms with Crippen LogP contribution in [0.25, 0.3) is 0 Å². The summed E-state index contributed by atoms with van der Waals surface area (Å²) in [6.07, 6.45) is 15.6. The van der Waals surface area contributed by atoms with Gasteiger partial charge in [0.15, 0.2) is 0 Å². The van der Waals surface area contributed by atoms with Gasteiger partial charge in [0.1, 0.15) is 5.75 Å². The van der Waals surface area contributed by atoms with Crippen molar-refractivity contribution in [3.05, 3.63) is 54.1 Å². The van der Waals surface area contributed by atoms with Crippen LogP contribution in [-0.2, 0) is 10.2 Å². The van der Waals surface area contributed by atoms with Gasteiger partial charge in [-0.1, -0.05) is 88.5 Å². The van der Waals surface area contributed by atoms with Crippen molar-refractivity contribution < 1.29 is 14.6 Å². The minimum absolute atomic E-state index is 0.276. The number of carbonyl (C=O) groups is 1. The van der Waals surface area contributed by atoms with Crippen LogP contribution in [0.4, 0.5) is 0 Å². The number of benzene rings is 1. The molecule has 0 amide bonds. The second-order valence-electron chi connectivity index (χ2n) is 7.13. The van der Waals surface area contributed by atoms with Crippen LogP contribution in [0.5, 0.6) is 5.75 Å². The molecule has 0 radical (unpaired) electrons. The Morgan fingerprint density at radius 2 is 1.73 bits per heavy atom. The molecule has 0 fully saturated rings. The molecule has 0 aliphatic heterocycles. The molecule has 0 unspecified atom stereocenters. The molecule has 1 N–H and O–H groups in total. The molecule has 1 aromatic carbocycles. The predicted octanol–water partition coefficient (Wildman–Crippen LogP) is 5.90. The highest BCUT2D eigenvalue weighted by atomic mass is 16.5. The van der Waals surface area contributed by atoms with Crippen molar-refractivity contribution in [3.63, 3.8) is 0 Å². The molecule has 0 atom stereocenters. The fraction of sp³-hybridized carbons (Fsp3) is 0.522. The van der Waals surface area contributed by atoms with Crippen molar-refractivity contribution >= 4 is 5.97 Å². The van der Waals surface area contributed by atoms with Crippen LogP contribution < -0.4 is 4.74 Å². The molecule has 0 bridgehead atoms. The van der Waals surface area contributed by atoms with Gasteiger partial charge in [0.25, 0.3) is 0 Å². The van der Waals surface area contributed by atoms with Crippen LogP contribution >= 0.6 is 0 Å². The average Bonchev–Trinajstić information content (AvgIpc) is 2.67. The lowest BCUT2D eigenvalue weighted by molar-refractivity contribution is -0.138. The van der Waals surface area contributed by atoms with Crippen molar-refractivity contribution in [1.29, 1.82) is 0 Å². The van der Waals surface area contributed by atoms with Gasteiger partial charge in [-0.05, 0) is 18.9 Å². The van der Waals surface area contributed by atoms with Gasteiger partial charge in [-0.3, -0.25) is 4.79 Å². The minimum Gasteiger partial charge on any atom is -0.493 e. The first-order valence-electron chi connectivity index (χ1n) is 9.97. The fourth-order valence-corrected chi connectivity index (χ4v) is 3.47. The lowest BCUT2D eigenvalue weighted by Crippen LogP contribution is -2.26. The minimum atomic E-state index is -0.804. The molecule has 0 heterocycles. The SMILES string of the molecule is CCCCCCOc1ccccc1C1(CCCC)C=CC(C(=O)O)C=C1. The lowest BCUT2D eigenvalue weighted by atomic mass is 9.72. The van der Waals surface area contributed by atoms with Gasteiger partial charge < -0.3 is 9.84 Å². The van der Waals surface area contributed by atoms with Gasteiger partial charge in [-0.25, -0.2) is 0 Å². The first kappa shape index (κ1) is 20.3. The van der Waals surface area contributed by atoms with Gasteiger partial charge >= 0.3 is 5.97 Å². The molecule has 0 aromatic heterocycles. The van der Waals surface area contributed by atoms with Gasteiger partial charge in [0.05, 0.1) is 12.5 Å². The van der Waals surface area contributed by atoms with Crippen LogP contribution in [-0.4, -0.2) is 17.7 Å². The van der Waals surface area contributed by atoms with Crippen molar-refractivity contribution in [2.45, 2.75) is 64.2 Å². The summed E-state index contributed by atoms with van der Waals surface area (Å²) in [5.74, 6) is -0.419. The third-order valence-corrected chi connectivity index (χ3v) is 5.08. The molecule has 3 nitrogen and oxygen atoms in total. The van der Waals surface area contributed by atoms with E-state index in [1.54, 1.807) is 0 Å². The van der Waals surface area contributed by atoms with Crippen molar-refractivity contribution in [3.8, 4) is 5.75 Å². The molecule has 1 aliphatic carbocycles. The zero-order chi connectivity index (χ0) is 18.8. The summed E-state index contributed by atoms with van der Waals surface area (Å²) < 4.78 is 6.13. The molecule has 0 saturated carbocycles. The fourth-order valence-electron chi connectivity index (χ4n) is 3.47. The maximum absolute atomic E-state index is 11.3. The summed E-state index contributed by atoms with van der Waals surface area (Å²) in [4.78, 5) is 11.3. The highest BCUT2D eigenvalue weighted by molar-refractivity contribution is 5.75. The highest BCUT2D eigenvalue weighted by Gasteiger charge is 2.32. The normalized spacial score (nSPS) is 21.7. The Hall–Kier alpha value is -2.03. The van der Waals surface area contributed by atoms with Crippen molar-refractivity contribution in [2.75, 3.05) is 6.61 Å². The topological polar surface area (TPSA) is 46.5 Å². The zero-order valence-corrected chi connectivity index (χ0v) is 16.1. The summed E-state index contributed by atoms with van der Waals surface area (Å²) in [6.45, 7) is 5.12. The third kappa shape index (κ3) is 5.23. The Morgan fingerprint density at radius 3 is 2.38 bits per heavy atom. The highest BCUT2D eigenvalue weighted by Crippen LogP contribution is 2.41. The van der Waals surface area contributed by atoms with E-state index in [9.17, 15) is 9.90 Å². The smallest absolute Gasteiger partial charge is 0.314 e. The van der Waals surface area contributed by atoms with E-state index in [4.69, 9.17) is 4.74 Å². The summed E-state index contributed by atoms with van der Waals surface area (Å²) in [6, 6.07) is 8.20. The number of unbranched alkanes of at least 4 members (excludes halogenated alkanes) is 4. The molecule has 1 aliphatic rings. The number of hydrogen-bond acceptors (Lipinski definition) is 2. The number of ether oxygens (including phenoxy) is 1. The molecule has 1 aromatic rings. The van der Waals surface area contributed by atoms with Gasteiger partial charge in [0, 0.05) is 11.0 Å². The number of hydrogen-bond donors (Lipinski definition) is 1. The van der Waals surface area contributed by atoms with E-state index in [0.717, 1.165) is 43.6 Å². The predicted molar refractivity (Wildman–Crippen MR) is 107 cm³/mol. The first-order valence-corrected chi connectivity index (χ1v) is 9.97. The zero-order valence-electron chi connectivity index (χ0n) is 16.1. The van der Waals surface area contributed by atoms with Crippen LogP contribution in [0.3, 0.4) is 0 Å². The Morgan fingerprint density at radius 1 is 1.04 bits per heavy atom. The molecule has 2 rings (SSSR count). The van der Waals surface area contributed by atoms with E-state index in [-0.39, 0.29) is 5.41 Å². The second-order valence-corrected chi connectivity index (χ2v) is 7.13. The van der Waals surface area contributed by atoms with Crippen LogP contribution in [0.2, 0.25) is 0 Å². The largest absolute Gasteiger partial charge is 0.493 e. The van der Waals surface area contributed by atoms with E-state index < -0.39 is 11.9 Å². The van der Waals surface area contributed by atoms with E-state index in [1.807, 2.05) is 30.4 Å². The van der Waals surface area contributed by atoms with Crippen LogP contribution in [0.15, 0.2) is 48.6 Å². The maximum atomic E-state index is 11.3. The summed E-state index contributed by atoms with van der Waals surface area (Å²) in [7, 11) is 0. The van der Waals surface area contributed by atoms with Crippen molar-refractivity contribution in [2.24, 2.45) is 5.92 Å².